The minimum atomic E-state index is 0.422. The molecule has 19 heavy (non-hydrogen) atoms. The molecule has 0 amide bonds. The summed E-state index contributed by atoms with van der Waals surface area (Å²) in [7, 11) is 3.87. The van der Waals surface area contributed by atoms with Gasteiger partial charge in [0.15, 0.2) is 0 Å². The zero-order valence-electron chi connectivity index (χ0n) is 11.7. The summed E-state index contributed by atoms with van der Waals surface area (Å²) in [5.41, 5.74) is 1.22. The van der Waals surface area contributed by atoms with E-state index in [0.29, 0.717) is 12.6 Å². The second-order valence-electron chi connectivity index (χ2n) is 4.68. The lowest BCUT2D eigenvalue weighted by atomic mass is 10.2. The maximum Gasteiger partial charge on any atom is 0.0949 e. The molecule has 0 unspecified atom stereocenters. The Morgan fingerprint density at radius 2 is 2.37 bits per heavy atom. The van der Waals surface area contributed by atoms with Crippen molar-refractivity contribution in [2.75, 3.05) is 20.8 Å². The van der Waals surface area contributed by atoms with E-state index >= 15 is 0 Å². The third-order valence-corrected chi connectivity index (χ3v) is 4.40. The Morgan fingerprint density at radius 1 is 1.53 bits per heavy atom. The first-order valence-corrected chi connectivity index (χ1v) is 7.32. The molecule has 2 aromatic rings. The molecule has 4 nitrogen and oxygen atoms in total. The zero-order chi connectivity index (χ0) is 13.7. The van der Waals surface area contributed by atoms with E-state index in [0.717, 1.165) is 13.1 Å². The van der Waals surface area contributed by atoms with Crippen molar-refractivity contribution in [2.24, 2.45) is 0 Å². The monoisotopic (exact) mass is 279 g/mol. The molecule has 0 aromatic carbocycles. The quantitative estimate of drug-likeness (QED) is 0.780. The fourth-order valence-corrected chi connectivity index (χ4v) is 2.86. The average molecular weight is 279 g/mol. The van der Waals surface area contributed by atoms with E-state index in [-0.39, 0.29) is 0 Å². The highest BCUT2D eigenvalue weighted by atomic mass is 32.1. The first-order valence-electron chi connectivity index (χ1n) is 6.44. The summed E-state index contributed by atoms with van der Waals surface area (Å²) in [6.07, 6.45) is 3.81. The Bertz CT molecular complexity index is 481. The topological polar surface area (TPSA) is 30.3 Å². The van der Waals surface area contributed by atoms with Crippen molar-refractivity contribution < 1.29 is 4.74 Å². The largest absolute Gasteiger partial charge is 0.383 e. The molecule has 0 fully saturated rings. The van der Waals surface area contributed by atoms with E-state index in [1.807, 2.05) is 12.5 Å². The van der Waals surface area contributed by atoms with Crippen molar-refractivity contribution >= 4 is 11.3 Å². The summed E-state index contributed by atoms with van der Waals surface area (Å²) in [4.78, 5) is 7.97. The molecule has 1 atom stereocenters. The summed E-state index contributed by atoms with van der Waals surface area (Å²) >= 11 is 1.81. The van der Waals surface area contributed by atoms with Gasteiger partial charge in [-0.3, -0.25) is 4.90 Å². The molecule has 0 aliphatic rings. The second kappa shape index (κ2) is 6.84. The average Bonchev–Trinajstić information content (AvgIpc) is 3.07. The Morgan fingerprint density at radius 3 is 3.05 bits per heavy atom. The number of imidazole rings is 1. The van der Waals surface area contributed by atoms with Gasteiger partial charge in [0.05, 0.1) is 18.6 Å². The second-order valence-corrected chi connectivity index (χ2v) is 5.66. The van der Waals surface area contributed by atoms with E-state index in [1.165, 1.54) is 10.6 Å². The molecule has 5 heteroatoms. The molecular formula is C14H21N3OS. The summed E-state index contributed by atoms with van der Waals surface area (Å²) in [5, 5.41) is 2.13. The molecule has 0 aliphatic heterocycles. The van der Waals surface area contributed by atoms with Crippen LogP contribution in [0.15, 0.2) is 30.0 Å². The Labute approximate surface area is 118 Å². The third-order valence-electron chi connectivity index (χ3n) is 3.36. The molecule has 2 heterocycles. The van der Waals surface area contributed by atoms with E-state index in [4.69, 9.17) is 4.74 Å². The van der Waals surface area contributed by atoms with Crippen LogP contribution < -0.4 is 0 Å². The van der Waals surface area contributed by atoms with Gasteiger partial charge in [0, 0.05) is 37.3 Å². The molecule has 0 spiro atoms. The van der Waals surface area contributed by atoms with Gasteiger partial charge in [-0.25, -0.2) is 4.98 Å². The van der Waals surface area contributed by atoms with E-state index in [2.05, 4.69) is 45.9 Å². The van der Waals surface area contributed by atoms with Gasteiger partial charge < -0.3 is 9.30 Å². The van der Waals surface area contributed by atoms with Gasteiger partial charge in [-0.15, -0.1) is 11.3 Å². The highest BCUT2D eigenvalue weighted by Crippen LogP contribution is 2.24. The first kappa shape index (κ1) is 14.2. The standard InChI is InChI=1S/C14H21N3OS/c1-12(14-5-4-8-19-14)16(2)10-13-9-15-11-17(13)6-7-18-3/h4-5,8-9,11-12H,6-7,10H2,1-3H3/t12-/m1/s1. The Kier molecular flexibility index (Phi) is 5.13. The zero-order valence-corrected chi connectivity index (χ0v) is 12.6. The fraction of sp³-hybridized carbons (Fsp3) is 0.500. The molecular weight excluding hydrogens is 258 g/mol. The van der Waals surface area contributed by atoms with E-state index in [1.54, 1.807) is 18.4 Å². The SMILES string of the molecule is COCCn1cncc1CN(C)[C@H](C)c1cccs1. The van der Waals surface area contributed by atoms with Crippen molar-refractivity contribution in [3.05, 3.63) is 40.6 Å². The van der Waals surface area contributed by atoms with Crippen LogP contribution in [0.4, 0.5) is 0 Å². The molecule has 104 valence electrons. The predicted molar refractivity (Wildman–Crippen MR) is 78.3 cm³/mol. The fourth-order valence-electron chi connectivity index (χ4n) is 2.01. The number of ether oxygens (including phenoxy) is 1. The predicted octanol–water partition coefficient (Wildman–Crippen LogP) is 2.78. The maximum atomic E-state index is 5.12. The van der Waals surface area contributed by atoms with Crippen LogP contribution in [-0.2, 0) is 17.8 Å². The first-order chi connectivity index (χ1) is 9.22. The number of nitrogens with zero attached hydrogens (tertiary/aromatic N) is 3. The number of hydrogen-bond acceptors (Lipinski definition) is 4. The molecule has 0 bridgehead atoms. The summed E-state index contributed by atoms with van der Waals surface area (Å²) in [5.74, 6) is 0. The third kappa shape index (κ3) is 3.65. The lowest BCUT2D eigenvalue weighted by molar-refractivity contribution is 0.183. The minimum absolute atomic E-state index is 0.422. The number of methoxy groups -OCH3 is 1. The highest BCUT2D eigenvalue weighted by Gasteiger charge is 2.14. The van der Waals surface area contributed by atoms with Crippen LogP contribution in [0.2, 0.25) is 0 Å². The molecule has 2 aromatic heterocycles. The number of hydrogen-bond donors (Lipinski definition) is 0. The molecule has 0 saturated carbocycles. The van der Waals surface area contributed by atoms with Crippen LogP contribution in [0.1, 0.15) is 23.5 Å². The van der Waals surface area contributed by atoms with Gasteiger partial charge in [-0.2, -0.15) is 0 Å². The molecule has 0 saturated heterocycles. The van der Waals surface area contributed by atoms with Crippen LogP contribution in [0.5, 0.6) is 0 Å². The Hall–Kier alpha value is -1.17. The maximum absolute atomic E-state index is 5.12. The van der Waals surface area contributed by atoms with Crippen molar-refractivity contribution in [2.45, 2.75) is 26.1 Å². The molecule has 0 aliphatic carbocycles. The molecule has 0 radical (unpaired) electrons. The van der Waals surface area contributed by atoms with Crippen LogP contribution in [-0.4, -0.2) is 35.2 Å². The van der Waals surface area contributed by atoms with Crippen LogP contribution in [0, 0.1) is 0 Å². The number of aromatic nitrogens is 2. The molecule has 0 N–H and O–H groups in total. The van der Waals surface area contributed by atoms with Crippen LogP contribution in [0.3, 0.4) is 0 Å². The van der Waals surface area contributed by atoms with Gasteiger partial charge >= 0.3 is 0 Å². The van der Waals surface area contributed by atoms with Gasteiger partial charge in [0.25, 0.3) is 0 Å². The lowest BCUT2D eigenvalue weighted by Gasteiger charge is -2.24. The van der Waals surface area contributed by atoms with E-state index < -0.39 is 0 Å². The van der Waals surface area contributed by atoms with Gasteiger partial charge in [0.1, 0.15) is 0 Å². The van der Waals surface area contributed by atoms with Crippen LogP contribution >= 0.6 is 11.3 Å². The van der Waals surface area contributed by atoms with Gasteiger partial charge in [-0.1, -0.05) is 6.07 Å². The van der Waals surface area contributed by atoms with Crippen LogP contribution in [0.25, 0.3) is 0 Å². The highest BCUT2D eigenvalue weighted by molar-refractivity contribution is 7.10. The van der Waals surface area contributed by atoms with Gasteiger partial charge in [-0.05, 0) is 25.4 Å². The Balaban J connectivity index is 1.98. The van der Waals surface area contributed by atoms with E-state index in [9.17, 15) is 0 Å². The summed E-state index contributed by atoms with van der Waals surface area (Å²) in [6.45, 7) is 4.70. The number of rotatable bonds is 7. The van der Waals surface area contributed by atoms with Crippen molar-refractivity contribution in [1.29, 1.82) is 0 Å². The summed E-state index contributed by atoms with van der Waals surface area (Å²) in [6, 6.07) is 4.71. The van der Waals surface area contributed by atoms with Crippen molar-refractivity contribution in [1.82, 2.24) is 14.5 Å². The lowest BCUT2D eigenvalue weighted by Crippen LogP contribution is -2.23. The van der Waals surface area contributed by atoms with Crippen molar-refractivity contribution in [3.63, 3.8) is 0 Å². The molecule has 2 rings (SSSR count). The number of thiophene rings is 1. The normalized spacial score (nSPS) is 13.1. The summed E-state index contributed by atoms with van der Waals surface area (Å²) < 4.78 is 7.27. The minimum Gasteiger partial charge on any atom is -0.383 e. The smallest absolute Gasteiger partial charge is 0.0949 e. The van der Waals surface area contributed by atoms with Crippen molar-refractivity contribution in [3.8, 4) is 0 Å². The van der Waals surface area contributed by atoms with Gasteiger partial charge in [0.2, 0.25) is 0 Å².